The zero-order valence-corrected chi connectivity index (χ0v) is 7.72. The fourth-order valence-corrected chi connectivity index (χ4v) is 3.20. The van der Waals surface area contributed by atoms with Crippen molar-refractivity contribution >= 4 is 0 Å². The highest BCUT2D eigenvalue weighted by Crippen LogP contribution is 2.62. The van der Waals surface area contributed by atoms with Crippen LogP contribution in [0, 0.1) is 17.3 Å². The van der Waals surface area contributed by atoms with E-state index in [1.54, 1.807) is 0 Å². The molecule has 11 heavy (non-hydrogen) atoms. The van der Waals surface area contributed by atoms with Crippen LogP contribution in [0.15, 0.2) is 0 Å². The third kappa shape index (κ3) is 0.807. The molecule has 0 aliphatic heterocycles. The molecule has 64 valence electrons. The summed E-state index contributed by atoms with van der Waals surface area (Å²) in [6.07, 6.45) is 3.52. The Labute approximate surface area is 68.8 Å². The minimum Gasteiger partial charge on any atom is -0.390 e. The van der Waals surface area contributed by atoms with Gasteiger partial charge < -0.3 is 5.11 Å². The van der Waals surface area contributed by atoms with Gasteiger partial charge in [0.25, 0.3) is 0 Å². The van der Waals surface area contributed by atoms with E-state index in [1.807, 2.05) is 6.92 Å². The molecule has 3 fully saturated rings. The highest BCUT2D eigenvalue weighted by molar-refractivity contribution is 5.08. The zero-order chi connectivity index (χ0) is 8.28. The first-order chi connectivity index (χ1) is 4.94. The van der Waals surface area contributed by atoms with E-state index < -0.39 is 0 Å². The van der Waals surface area contributed by atoms with Gasteiger partial charge in [-0.2, -0.15) is 0 Å². The van der Waals surface area contributed by atoms with Gasteiger partial charge in [0, 0.05) is 0 Å². The van der Waals surface area contributed by atoms with Gasteiger partial charge in [-0.15, -0.1) is 0 Å². The third-order valence-corrected chi connectivity index (χ3v) is 4.22. The second-order valence-corrected chi connectivity index (χ2v) is 5.20. The molecular formula is C10H18O. The summed E-state index contributed by atoms with van der Waals surface area (Å²) < 4.78 is 0. The fraction of sp³-hybridized carbons (Fsp3) is 1.00. The van der Waals surface area contributed by atoms with E-state index in [9.17, 15) is 5.11 Å². The van der Waals surface area contributed by atoms with Crippen LogP contribution in [0.2, 0.25) is 0 Å². The van der Waals surface area contributed by atoms with Crippen molar-refractivity contribution in [3.8, 4) is 0 Å². The molecule has 0 saturated heterocycles. The van der Waals surface area contributed by atoms with Crippen molar-refractivity contribution in [1.29, 1.82) is 0 Å². The zero-order valence-electron chi connectivity index (χ0n) is 7.72. The van der Waals surface area contributed by atoms with E-state index in [4.69, 9.17) is 0 Å². The Bertz CT molecular complexity index is 171. The molecule has 0 spiro atoms. The average molecular weight is 154 g/mol. The van der Waals surface area contributed by atoms with Gasteiger partial charge >= 0.3 is 0 Å². The molecule has 3 aliphatic carbocycles. The summed E-state index contributed by atoms with van der Waals surface area (Å²) in [6, 6.07) is 0. The first-order valence-electron chi connectivity index (χ1n) is 4.67. The summed E-state index contributed by atoms with van der Waals surface area (Å²) in [6.45, 7) is 6.62. The van der Waals surface area contributed by atoms with Gasteiger partial charge in [-0.3, -0.25) is 0 Å². The Hall–Kier alpha value is -0.0400. The third-order valence-electron chi connectivity index (χ3n) is 4.22. The van der Waals surface area contributed by atoms with Gasteiger partial charge in [0.2, 0.25) is 0 Å². The molecule has 0 radical (unpaired) electrons. The van der Waals surface area contributed by atoms with Crippen LogP contribution in [0.25, 0.3) is 0 Å². The lowest BCUT2D eigenvalue weighted by Gasteiger charge is -2.62. The van der Waals surface area contributed by atoms with E-state index in [0.717, 1.165) is 12.3 Å². The number of fused-ring (bicyclic) bond motifs is 2. The SMILES string of the molecule is CC1(C)[C@H]2CC[C@@](C)(O)[C@@H]1C2. The number of aliphatic hydroxyl groups is 1. The molecule has 1 N–H and O–H groups in total. The number of rotatable bonds is 0. The van der Waals surface area contributed by atoms with E-state index >= 15 is 0 Å². The van der Waals surface area contributed by atoms with Crippen molar-refractivity contribution in [3.05, 3.63) is 0 Å². The topological polar surface area (TPSA) is 20.2 Å². The molecule has 0 aromatic heterocycles. The molecule has 2 bridgehead atoms. The van der Waals surface area contributed by atoms with Crippen molar-refractivity contribution in [3.63, 3.8) is 0 Å². The van der Waals surface area contributed by atoms with E-state index in [2.05, 4.69) is 13.8 Å². The predicted molar refractivity (Wildman–Crippen MR) is 45.2 cm³/mol. The monoisotopic (exact) mass is 154 g/mol. The van der Waals surface area contributed by atoms with Crippen LogP contribution in [-0.2, 0) is 0 Å². The molecular weight excluding hydrogens is 136 g/mol. The van der Waals surface area contributed by atoms with Gasteiger partial charge in [-0.05, 0) is 43.4 Å². The van der Waals surface area contributed by atoms with Crippen LogP contribution in [0.3, 0.4) is 0 Å². The lowest BCUT2D eigenvalue weighted by atomic mass is 9.44. The van der Waals surface area contributed by atoms with Gasteiger partial charge in [0.1, 0.15) is 0 Å². The summed E-state index contributed by atoms with van der Waals surface area (Å²) in [5.41, 5.74) is 0.0556. The second kappa shape index (κ2) is 1.82. The fourth-order valence-electron chi connectivity index (χ4n) is 3.20. The second-order valence-electron chi connectivity index (χ2n) is 5.20. The molecule has 0 unspecified atom stereocenters. The van der Waals surface area contributed by atoms with Crippen LogP contribution < -0.4 is 0 Å². The van der Waals surface area contributed by atoms with E-state index in [-0.39, 0.29) is 5.60 Å². The van der Waals surface area contributed by atoms with Crippen molar-refractivity contribution in [2.24, 2.45) is 17.3 Å². The molecule has 0 amide bonds. The van der Waals surface area contributed by atoms with E-state index in [0.29, 0.717) is 11.3 Å². The van der Waals surface area contributed by atoms with Gasteiger partial charge in [0.05, 0.1) is 5.60 Å². The molecule has 3 aliphatic rings. The maximum absolute atomic E-state index is 10.0. The van der Waals surface area contributed by atoms with Crippen LogP contribution in [0.4, 0.5) is 0 Å². The average Bonchev–Trinajstić information content (AvgIpc) is 1.84. The predicted octanol–water partition coefficient (Wildman–Crippen LogP) is 2.19. The maximum Gasteiger partial charge on any atom is 0.0653 e. The number of hydrogen-bond acceptors (Lipinski definition) is 1. The van der Waals surface area contributed by atoms with Crippen molar-refractivity contribution in [2.45, 2.75) is 45.6 Å². The van der Waals surface area contributed by atoms with Crippen molar-refractivity contribution in [1.82, 2.24) is 0 Å². The lowest BCUT2D eigenvalue weighted by Crippen LogP contribution is -2.60. The molecule has 0 aromatic carbocycles. The Balaban J connectivity index is 2.23. The molecule has 0 aromatic rings. The quantitative estimate of drug-likeness (QED) is 0.567. The van der Waals surface area contributed by atoms with Gasteiger partial charge in [0.15, 0.2) is 0 Å². The maximum atomic E-state index is 10.0. The Morgan fingerprint density at radius 1 is 1.27 bits per heavy atom. The smallest absolute Gasteiger partial charge is 0.0653 e. The first-order valence-corrected chi connectivity index (χ1v) is 4.67. The van der Waals surface area contributed by atoms with E-state index in [1.165, 1.54) is 12.8 Å². The molecule has 0 heterocycles. The largest absolute Gasteiger partial charge is 0.390 e. The van der Waals surface area contributed by atoms with Crippen LogP contribution in [0.5, 0.6) is 0 Å². The molecule has 3 saturated carbocycles. The molecule has 1 heteroatoms. The summed E-state index contributed by atoms with van der Waals surface area (Å²) in [7, 11) is 0. The van der Waals surface area contributed by atoms with Crippen LogP contribution in [0.1, 0.15) is 40.0 Å². The Morgan fingerprint density at radius 3 is 2.18 bits per heavy atom. The van der Waals surface area contributed by atoms with Gasteiger partial charge in [-0.25, -0.2) is 0 Å². The number of hydrogen-bond donors (Lipinski definition) is 1. The molecule has 3 rings (SSSR count). The normalized spacial score (nSPS) is 53.5. The summed E-state index contributed by atoms with van der Waals surface area (Å²) in [4.78, 5) is 0. The highest BCUT2D eigenvalue weighted by Gasteiger charge is 2.58. The molecule has 3 atom stereocenters. The summed E-state index contributed by atoms with van der Waals surface area (Å²) >= 11 is 0. The minimum absolute atomic E-state index is 0.363. The Morgan fingerprint density at radius 2 is 1.91 bits per heavy atom. The molecule has 1 nitrogen and oxygen atoms in total. The highest BCUT2D eigenvalue weighted by atomic mass is 16.3. The van der Waals surface area contributed by atoms with Crippen molar-refractivity contribution in [2.75, 3.05) is 0 Å². The van der Waals surface area contributed by atoms with Gasteiger partial charge in [-0.1, -0.05) is 13.8 Å². The minimum atomic E-state index is -0.363. The van der Waals surface area contributed by atoms with Crippen LogP contribution in [-0.4, -0.2) is 10.7 Å². The van der Waals surface area contributed by atoms with Crippen molar-refractivity contribution < 1.29 is 5.11 Å². The Kier molecular flexibility index (Phi) is 1.26. The lowest BCUT2D eigenvalue weighted by molar-refractivity contribution is -0.192. The first kappa shape index (κ1) is 7.60. The summed E-state index contributed by atoms with van der Waals surface area (Å²) in [5.74, 6) is 1.46. The standard InChI is InChI=1S/C10H18O/c1-9(2)7-4-5-10(3,11)8(9)6-7/h7-8,11H,4-6H2,1-3H3/t7-,8+,10+/m0/s1. The van der Waals surface area contributed by atoms with Crippen LogP contribution >= 0.6 is 0 Å². The summed E-state index contributed by atoms with van der Waals surface area (Å²) in [5, 5.41) is 10.0.